The van der Waals surface area contributed by atoms with E-state index in [9.17, 15) is 4.79 Å². The lowest BCUT2D eigenvalue weighted by atomic mass is 10.1. The van der Waals surface area contributed by atoms with Crippen LogP contribution >= 0.6 is 0 Å². The van der Waals surface area contributed by atoms with Crippen molar-refractivity contribution in [3.05, 3.63) is 11.4 Å². The normalized spacial score (nSPS) is 10.9. The van der Waals surface area contributed by atoms with Gasteiger partial charge in [-0.1, -0.05) is 19.1 Å². The molecule has 0 saturated heterocycles. The Morgan fingerprint density at radius 3 is 2.80 bits per heavy atom. The van der Waals surface area contributed by atoms with Crippen LogP contribution in [-0.2, 0) is 17.9 Å². The van der Waals surface area contributed by atoms with Crippen molar-refractivity contribution >= 4 is 6.29 Å². The second-order valence-corrected chi connectivity index (χ2v) is 3.88. The van der Waals surface area contributed by atoms with Crippen LogP contribution in [-0.4, -0.2) is 28.4 Å². The molecule has 0 atom stereocenters. The Kier molecular flexibility index (Phi) is 4.42. The third kappa shape index (κ3) is 3.13. The maximum Gasteiger partial charge on any atom is 0.172 e. The van der Waals surface area contributed by atoms with Gasteiger partial charge in [-0.2, -0.15) is 0 Å². The Labute approximate surface area is 89.4 Å². The van der Waals surface area contributed by atoms with Crippen LogP contribution in [0.2, 0.25) is 0 Å². The molecule has 0 saturated carbocycles. The summed E-state index contributed by atoms with van der Waals surface area (Å²) in [6.07, 6.45) is 1.73. The summed E-state index contributed by atoms with van der Waals surface area (Å²) in [5, 5.41) is 7.73. The summed E-state index contributed by atoms with van der Waals surface area (Å²) < 4.78 is 6.76. The van der Waals surface area contributed by atoms with Crippen LogP contribution in [0, 0.1) is 5.92 Å². The number of methoxy groups -OCH3 is 1. The zero-order valence-corrected chi connectivity index (χ0v) is 9.43. The van der Waals surface area contributed by atoms with E-state index in [0.29, 0.717) is 24.5 Å². The van der Waals surface area contributed by atoms with Crippen LogP contribution in [0.4, 0.5) is 0 Å². The molecule has 0 aromatic carbocycles. The Morgan fingerprint density at radius 1 is 1.53 bits per heavy atom. The number of aryl methyl sites for hydroxylation is 1. The first kappa shape index (κ1) is 11.8. The van der Waals surface area contributed by atoms with Crippen molar-refractivity contribution in [3.63, 3.8) is 0 Å². The van der Waals surface area contributed by atoms with E-state index in [1.807, 2.05) is 0 Å². The topological polar surface area (TPSA) is 57.0 Å². The molecule has 84 valence electrons. The zero-order chi connectivity index (χ0) is 11.3. The smallest absolute Gasteiger partial charge is 0.172 e. The molecule has 5 heteroatoms. The molecule has 0 aliphatic carbocycles. The first-order valence-corrected chi connectivity index (χ1v) is 5.05. The first-order chi connectivity index (χ1) is 7.19. The lowest BCUT2D eigenvalue weighted by molar-refractivity contribution is 0.111. The molecule has 1 aromatic rings. The van der Waals surface area contributed by atoms with Crippen molar-refractivity contribution in [2.45, 2.75) is 33.4 Å². The standard InChI is InChI=1S/C10H17N3O2/c1-8(2)4-5-13-10(7-15-3)9(6-14)11-12-13/h6,8H,4-5,7H2,1-3H3. The minimum absolute atomic E-state index is 0.374. The van der Waals surface area contributed by atoms with Gasteiger partial charge < -0.3 is 4.74 Å². The summed E-state index contributed by atoms with van der Waals surface area (Å²) in [6.45, 7) is 5.44. The van der Waals surface area contributed by atoms with Crippen molar-refractivity contribution in [3.8, 4) is 0 Å². The molecular weight excluding hydrogens is 194 g/mol. The maximum atomic E-state index is 10.7. The number of aldehydes is 1. The number of nitrogens with zero attached hydrogens (tertiary/aromatic N) is 3. The van der Waals surface area contributed by atoms with E-state index in [4.69, 9.17) is 4.74 Å². The minimum Gasteiger partial charge on any atom is -0.378 e. The monoisotopic (exact) mass is 211 g/mol. The SMILES string of the molecule is COCc1c(C=O)nnn1CCC(C)C. The lowest BCUT2D eigenvalue weighted by Gasteiger charge is -2.07. The van der Waals surface area contributed by atoms with Crippen molar-refractivity contribution in [2.24, 2.45) is 5.92 Å². The van der Waals surface area contributed by atoms with E-state index in [-0.39, 0.29) is 0 Å². The second kappa shape index (κ2) is 5.60. The van der Waals surface area contributed by atoms with Gasteiger partial charge >= 0.3 is 0 Å². The van der Waals surface area contributed by atoms with Gasteiger partial charge in [-0.05, 0) is 12.3 Å². The largest absolute Gasteiger partial charge is 0.378 e. The highest BCUT2D eigenvalue weighted by atomic mass is 16.5. The molecule has 1 aromatic heterocycles. The fourth-order valence-electron chi connectivity index (χ4n) is 1.28. The fourth-order valence-corrected chi connectivity index (χ4v) is 1.28. The Hall–Kier alpha value is -1.23. The van der Waals surface area contributed by atoms with Crippen molar-refractivity contribution in [1.29, 1.82) is 0 Å². The molecule has 0 fully saturated rings. The van der Waals surface area contributed by atoms with Crippen LogP contribution in [0.5, 0.6) is 0 Å². The average Bonchev–Trinajstić information content (AvgIpc) is 2.58. The molecule has 0 bridgehead atoms. The predicted molar refractivity (Wildman–Crippen MR) is 55.6 cm³/mol. The van der Waals surface area contributed by atoms with E-state index in [2.05, 4.69) is 24.2 Å². The van der Waals surface area contributed by atoms with Crippen molar-refractivity contribution < 1.29 is 9.53 Å². The van der Waals surface area contributed by atoms with E-state index in [1.54, 1.807) is 11.8 Å². The van der Waals surface area contributed by atoms with Gasteiger partial charge in [0.2, 0.25) is 0 Å². The number of aromatic nitrogens is 3. The predicted octanol–water partition coefficient (Wildman–Crippen LogP) is 1.28. The molecule has 0 radical (unpaired) electrons. The van der Waals surface area contributed by atoms with E-state index in [0.717, 1.165) is 18.7 Å². The van der Waals surface area contributed by atoms with Gasteiger partial charge in [-0.3, -0.25) is 4.79 Å². The van der Waals surface area contributed by atoms with Crippen LogP contribution in [0.3, 0.4) is 0 Å². The van der Waals surface area contributed by atoms with Crippen LogP contribution < -0.4 is 0 Å². The molecule has 0 aliphatic heterocycles. The molecule has 0 N–H and O–H groups in total. The highest BCUT2D eigenvalue weighted by Gasteiger charge is 2.11. The average molecular weight is 211 g/mol. The van der Waals surface area contributed by atoms with E-state index in [1.165, 1.54) is 0 Å². The summed E-state index contributed by atoms with van der Waals surface area (Å²) in [6, 6.07) is 0. The Morgan fingerprint density at radius 2 is 2.27 bits per heavy atom. The second-order valence-electron chi connectivity index (χ2n) is 3.88. The Balaban J connectivity index is 2.77. The fraction of sp³-hybridized carbons (Fsp3) is 0.700. The third-order valence-corrected chi connectivity index (χ3v) is 2.18. The molecule has 1 heterocycles. The highest BCUT2D eigenvalue weighted by Crippen LogP contribution is 2.08. The Bertz CT molecular complexity index is 320. The molecule has 0 unspecified atom stereocenters. The molecule has 15 heavy (non-hydrogen) atoms. The number of hydrogen-bond acceptors (Lipinski definition) is 4. The third-order valence-electron chi connectivity index (χ3n) is 2.18. The summed E-state index contributed by atoms with van der Waals surface area (Å²) in [5.74, 6) is 0.601. The number of ether oxygens (including phenoxy) is 1. The van der Waals surface area contributed by atoms with Crippen LogP contribution in [0.25, 0.3) is 0 Å². The van der Waals surface area contributed by atoms with Gasteiger partial charge in [0.15, 0.2) is 12.0 Å². The summed E-state index contributed by atoms with van der Waals surface area (Å²) in [4.78, 5) is 10.7. The molecule has 5 nitrogen and oxygen atoms in total. The molecule has 0 spiro atoms. The summed E-state index contributed by atoms with van der Waals surface area (Å²) in [5.41, 5.74) is 1.13. The molecule has 0 aliphatic rings. The molecular formula is C10H17N3O2. The summed E-state index contributed by atoms with van der Waals surface area (Å²) in [7, 11) is 1.59. The van der Waals surface area contributed by atoms with Gasteiger partial charge in [0.1, 0.15) is 0 Å². The number of hydrogen-bond donors (Lipinski definition) is 0. The summed E-state index contributed by atoms with van der Waals surface area (Å²) >= 11 is 0. The van der Waals surface area contributed by atoms with E-state index < -0.39 is 0 Å². The maximum absolute atomic E-state index is 10.7. The lowest BCUT2D eigenvalue weighted by Crippen LogP contribution is -2.09. The van der Waals surface area contributed by atoms with Gasteiger partial charge in [-0.15, -0.1) is 5.10 Å². The van der Waals surface area contributed by atoms with E-state index >= 15 is 0 Å². The molecule has 1 rings (SSSR count). The first-order valence-electron chi connectivity index (χ1n) is 5.05. The number of carbonyl (C=O) groups is 1. The van der Waals surface area contributed by atoms with Gasteiger partial charge in [0.25, 0.3) is 0 Å². The number of carbonyl (C=O) groups excluding carboxylic acids is 1. The molecule has 0 amide bonds. The minimum atomic E-state index is 0.374. The van der Waals surface area contributed by atoms with Gasteiger partial charge in [-0.25, -0.2) is 4.68 Å². The number of rotatable bonds is 6. The highest BCUT2D eigenvalue weighted by molar-refractivity contribution is 5.73. The van der Waals surface area contributed by atoms with Gasteiger partial charge in [0.05, 0.1) is 12.3 Å². The van der Waals surface area contributed by atoms with Gasteiger partial charge in [0, 0.05) is 13.7 Å². The van der Waals surface area contributed by atoms with Crippen LogP contribution in [0.1, 0.15) is 36.5 Å². The quantitative estimate of drug-likeness (QED) is 0.665. The van der Waals surface area contributed by atoms with Crippen molar-refractivity contribution in [1.82, 2.24) is 15.0 Å². The van der Waals surface area contributed by atoms with Crippen LogP contribution in [0.15, 0.2) is 0 Å². The zero-order valence-electron chi connectivity index (χ0n) is 9.43. The van der Waals surface area contributed by atoms with Crippen molar-refractivity contribution in [2.75, 3.05) is 7.11 Å².